The topological polar surface area (TPSA) is 32.3 Å². The van der Waals surface area contributed by atoms with Crippen LogP contribution >= 0.6 is 0 Å². The smallest absolute Gasteiger partial charge is 0.0517 e. The summed E-state index contributed by atoms with van der Waals surface area (Å²) in [6.07, 6.45) is 0.644. The predicted molar refractivity (Wildman–Crippen MR) is 62.4 cm³/mol. The third-order valence-corrected chi connectivity index (χ3v) is 2.11. The molecule has 0 amide bonds. The van der Waals surface area contributed by atoms with Crippen LogP contribution in [0.2, 0.25) is 0 Å². The van der Waals surface area contributed by atoms with Gasteiger partial charge in [-0.15, -0.1) is 0 Å². The third-order valence-electron chi connectivity index (χ3n) is 2.11. The van der Waals surface area contributed by atoms with Crippen molar-refractivity contribution in [3.05, 3.63) is 0 Å². The van der Waals surface area contributed by atoms with Crippen LogP contribution in [0.4, 0.5) is 0 Å². The molecular weight excluding hydrogens is 174 g/mol. The summed E-state index contributed by atoms with van der Waals surface area (Å²) in [5.74, 6) is 0. The second kappa shape index (κ2) is 5.13. The van der Waals surface area contributed by atoms with Crippen LogP contribution in [0.3, 0.4) is 0 Å². The fourth-order valence-electron chi connectivity index (χ4n) is 1.65. The van der Waals surface area contributed by atoms with Gasteiger partial charge >= 0.3 is 0 Å². The van der Waals surface area contributed by atoms with E-state index >= 15 is 0 Å². The SMILES string of the molecule is CC(O)CC(C)(C)CNCC(C)(C)C. The summed E-state index contributed by atoms with van der Waals surface area (Å²) >= 11 is 0. The van der Waals surface area contributed by atoms with Crippen LogP contribution in [0.1, 0.15) is 48.0 Å². The normalized spacial score (nSPS) is 15.6. The number of rotatable bonds is 5. The Morgan fingerprint density at radius 1 is 1.07 bits per heavy atom. The van der Waals surface area contributed by atoms with Gasteiger partial charge < -0.3 is 10.4 Å². The molecule has 0 saturated heterocycles. The molecule has 0 aromatic carbocycles. The molecule has 1 unspecified atom stereocenters. The Morgan fingerprint density at radius 2 is 1.57 bits per heavy atom. The van der Waals surface area contributed by atoms with E-state index in [1.54, 1.807) is 0 Å². The van der Waals surface area contributed by atoms with E-state index in [-0.39, 0.29) is 11.5 Å². The van der Waals surface area contributed by atoms with E-state index in [2.05, 4.69) is 39.9 Å². The number of aliphatic hydroxyl groups excluding tert-OH is 1. The molecule has 0 aromatic heterocycles. The molecule has 0 aliphatic carbocycles. The number of hydrogen-bond acceptors (Lipinski definition) is 2. The molecule has 2 heteroatoms. The summed E-state index contributed by atoms with van der Waals surface area (Å²) in [4.78, 5) is 0. The quantitative estimate of drug-likeness (QED) is 0.716. The monoisotopic (exact) mass is 201 g/mol. The number of hydrogen-bond donors (Lipinski definition) is 2. The lowest BCUT2D eigenvalue weighted by atomic mass is 9.86. The van der Waals surface area contributed by atoms with Crippen LogP contribution in [0, 0.1) is 10.8 Å². The van der Waals surface area contributed by atoms with Crippen molar-refractivity contribution >= 4 is 0 Å². The fraction of sp³-hybridized carbons (Fsp3) is 1.00. The number of nitrogens with one attached hydrogen (secondary N) is 1. The van der Waals surface area contributed by atoms with Crippen molar-refractivity contribution in [2.75, 3.05) is 13.1 Å². The second-order valence-corrected chi connectivity index (χ2v) is 6.38. The van der Waals surface area contributed by atoms with E-state index in [1.165, 1.54) is 0 Å². The zero-order chi connectivity index (χ0) is 11.4. The maximum Gasteiger partial charge on any atom is 0.0517 e. The lowest BCUT2D eigenvalue weighted by Gasteiger charge is -2.28. The minimum absolute atomic E-state index is 0.180. The molecule has 0 spiro atoms. The Labute approximate surface area is 89.1 Å². The molecule has 0 aliphatic heterocycles. The zero-order valence-electron chi connectivity index (χ0n) is 10.6. The molecule has 0 aliphatic rings. The van der Waals surface area contributed by atoms with Crippen molar-refractivity contribution in [1.29, 1.82) is 0 Å². The molecule has 0 aromatic rings. The Bertz CT molecular complexity index is 156. The minimum Gasteiger partial charge on any atom is -0.393 e. The maximum absolute atomic E-state index is 9.32. The Kier molecular flexibility index (Phi) is 5.10. The lowest BCUT2D eigenvalue weighted by Crippen LogP contribution is -2.36. The van der Waals surface area contributed by atoms with Gasteiger partial charge in [0.2, 0.25) is 0 Å². The van der Waals surface area contributed by atoms with Crippen molar-refractivity contribution in [1.82, 2.24) is 5.32 Å². The Balaban J connectivity index is 3.76. The van der Waals surface area contributed by atoms with E-state index in [4.69, 9.17) is 0 Å². The standard InChI is InChI=1S/C12H27NO/c1-10(14)7-12(5,6)9-13-8-11(2,3)4/h10,13-14H,7-9H2,1-6H3. The summed E-state index contributed by atoms with van der Waals surface area (Å²) in [6, 6.07) is 0. The van der Waals surface area contributed by atoms with Crippen LogP contribution in [0.25, 0.3) is 0 Å². The second-order valence-electron chi connectivity index (χ2n) is 6.38. The molecule has 2 nitrogen and oxygen atoms in total. The predicted octanol–water partition coefficient (Wildman–Crippen LogP) is 2.42. The van der Waals surface area contributed by atoms with E-state index < -0.39 is 0 Å². The van der Waals surface area contributed by atoms with Crippen molar-refractivity contribution in [3.63, 3.8) is 0 Å². The highest BCUT2D eigenvalue weighted by molar-refractivity contribution is 4.75. The van der Waals surface area contributed by atoms with Crippen LogP contribution in [-0.4, -0.2) is 24.3 Å². The molecule has 0 saturated carbocycles. The maximum atomic E-state index is 9.32. The summed E-state index contributed by atoms with van der Waals surface area (Å²) in [6.45, 7) is 14.9. The van der Waals surface area contributed by atoms with Crippen molar-refractivity contribution in [3.8, 4) is 0 Å². The summed E-state index contributed by atoms with van der Waals surface area (Å²) < 4.78 is 0. The van der Waals surface area contributed by atoms with E-state index in [0.29, 0.717) is 5.41 Å². The molecule has 86 valence electrons. The van der Waals surface area contributed by atoms with Gasteiger partial charge in [0, 0.05) is 13.1 Å². The molecule has 0 radical (unpaired) electrons. The van der Waals surface area contributed by atoms with Gasteiger partial charge in [-0.1, -0.05) is 34.6 Å². The first-order chi connectivity index (χ1) is 6.12. The van der Waals surface area contributed by atoms with E-state index in [1.807, 2.05) is 6.92 Å². The minimum atomic E-state index is -0.207. The van der Waals surface area contributed by atoms with Crippen molar-refractivity contribution in [2.24, 2.45) is 10.8 Å². The molecule has 0 fully saturated rings. The molecular formula is C12H27NO. The Morgan fingerprint density at radius 3 is 1.93 bits per heavy atom. The molecule has 1 atom stereocenters. The molecule has 0 bridgehead atoms. The average Bonchev–Trinajstić information content (AvgIpc) is 1.78. The zero-order valence-corrected chi connectivity index (χ0v) is 10.6. The van der Waals surface area contributed by atoms with Gasteiger partial charge in [0.05, 0.1) is 6.10 Å². The molecule has 14 heavy (non-hydrogen) atoms. The first-order valence-electron chi connectivity index (χ1n) is 5.51. The summed E-state index contributed by atoms with van der Waals surface area (Å²) in [7, 11) is 0. The van der Waals surface area contributed by atoms with E-state index in [9.17, 15) is 5.11 Å². The third kappa shape index (κ3) is 8.52. The van der Waals surface area contributed by atoms with Gasteiger partial charge in [0.1, 0.15) is 0 Å². The van der Waals surface area contributed by atoms with Gasteiger partial charge in [-0.3, -0.25) is 0 Å². The average molecular weight is 201 g/mol. The summed E-state index contributed by atoms with van der Waals surface area (Å²) in [5, 5.41) is 12.8. The van der Waals surface area contributed by atoms with Crippen molar-refractivity contribution < 1.29 is 5.11 Å². The van der Waals surface area contributed by atoms with Gasteiger partial charge in [-0.05, 0) is 24.2 Å². The van der Waals surface area contributed by atoms with Crippen LogP contribution < -0.4 is 5.32 Å². The van der Waals surface area contributed by atoms with Gasteiger partial charge in [-0.25, -0.2) is 0 Å². The first-order valence-corrected chi connectivity index (χ1v) is 5.51. The highest BCUT2D eigenvalue weighted by Crippen LogP contribution is 2.21. The largest absolute Gasteiger partial charge is 0.393 e. The van der Waals surface area contributed by atoms with Crippen LogP contribution in [-0.2, 0) is 0 Å². The molecule has 0 heterocycles. The first kappa shape index (κ1) is 13.9. The van der Waals surface area contributed by atoms with E-state index in [0.717, 1.165) is 19.5 Å². The highest BCUT2D eigenvalue weighted by Gasteiger charge is 2.20. The van der Waals surface area contributed by atoms with Crippen LogP contribution in [0.5, 0.6) is 0 Å². The lowest BCUT2D eigenvalue weighted by molar-refractivity contribution is 0.127. The van der Waals surface area contributed by atoms with Crippen LogP contribution in [0.15, 0.2) is 0 Å². The molecule has 0 rings (SSSR count). The number of aliphatic hydroxyl groups is 1. The molecule has 2 N–H and O–H groups in total. The van der Waals surface area contributed by atoms with Gasteiger partial charge in [0.25, 0.3) is 0 Å². The van der Waals surface area contributed by atoms with Gasteiger partial charge in [-0.2, -0.15) is 0 Å². The van der Waals surface area contributed by atoms with Gasteiger partial charge in [0.15, 0.2) is 0 Å². The Hall–Kier alpha value is -0.0800. The highest BCUT2D eigenvalue weighted by atomic mass is 16.3. The summed E-state index contributed by atoms with van der Waals surface area (Å²) in [5.41, 5.74) is 0.514. The van der Waals surface area contributed by atoms with Crippen molar-refractivity contribution in [2.45, 2.75) is 54.1 Å². The fourth-order valence-corrected chi connectivity index (χ4v) is 1.65.